The Morgan fingerprint density at radius 1 is 1.24 bits per heavy atom. The third kappa shape index (κ3) is 5.51. The highest BCUT2D eigenvalue weighted by Crippen LogP contribution is 2.20. The second-order valence-electron chi connectivity index (χ2n) is 3.42. The van der Waals surface area contributed by atoms with Gasteiger partial charge in [-0.25, -0.2) is 0 Å². The van der Waals surface area contributed by atoms with Gasteiger partial charge in [-0.1, -0.05) is 36.4 Å². The van der Waals surface area contributed by atoms with Crippen LogP contribution in [0.2, 0.25) is 0 Å². The molecule has 0 aliphatic rings. The Morgan fingerprint density at radius 2 is 1.88 bits per heavy atom. The number of halogens is 3. The van der Waals surface area contributed by atoms with Crippen molar-refractivity contribution in [2.75, 3.05) is 6.61 Å². The molecule has 0 aliphatic carbocycles. The van der Waals surface area contributed by atoms with E-state index in [-0.39, 0.29) is 6.61 Å². The summed E-state index contributed by atoms with van der Waals surface area (Å²) < 4.78 is 40.8. The molecule has 0 bridgehead atoms. The zero-order chi connectivity index (χ0) is 12.7. The van der Waals surface area contributed by atoms with Gasteiger partial charge in [0.1, 0.15) is 0 Å². The highest BCUT2D eigenvalue weighted by Gasteiger charge is 2.35. The van der Waals surface area contributed by atoms with Crippen LogP contribution in [0, 0.1) is 0 Å². The molecule has 0 saturated carbocycles. The van der Waals surface area contributed by atoms with E-state index in [1.54, 1.807) is 0 Å². The lowest BCUT2D eigenvalue weighted by Crippen LogP contribution is -2.26. The van der Waals surface area contributed by atoms with Gasteiger partial charge in [0.25, 0.3) is 0 Å². The van der Waals surface area contributed by atoms with Crippen molar-refractivity contribution in [2.24, 2.45) is 0 Å². The maximum absolute atomic E-state index is 11.9. The van der Waals surface area contributed by atoms with Crippen LogP contribution in [0.3, 0.4) is 0 Å². The Labute approximate surface area is 97.3 Å². The Bertz CT molecular complexity index is 347. The second kappa shape index (κ2) is 6.42. The minimum absolute atomic E-state index is 0.0298. The molecule has 0 unspecified atom stereocenters. The fourth-order valence-corrected chi connectivity index (χ4v) is 1.11. The van der Waals surface area contributed by atoms with E-state index in [9.17, 15) is 13.2 Å². The summed E-state index contributed by atoms with van der Waals surface area (Å²) in [4.78, 5) is 0. The van der Waals surface area contributed by atoms with Gasteiger partial charge >= 0.3 is 6.18 Å². The number of hydrogen-bond donors (Lipinski definition) is 1. The van der Waals surface area contributed by atoms with Gasteiger partial charge in [0, 0.05) is 0 Å². The summed E-state index contributed by atoms with van der Waals surface area (Å²) in [6, 6.07) is 9.27. The number of rotatable bonds is 5. The topological polar surface area (TPSA) is 29.5 Å². The molecule has 5 heteroatoms. The SMILES string of the molecule is O[C@H](C=CCOCc1ccccc1)C(F)(F)F. The molecule has 0 fully saturated rings. The van der Waals surface area contributed by atoms with Crippen LogP contribution in [0.15, 0.2) is 42.5 Å². The maximum atomic E-state index is 11.9. The van der Waals surface area contributed by atoms with Crippen molar-refractivity contribution in [1.82, 2.24) is 0 Å². The van der Waals surface area contributed by atoms with Crippen molar-refractivity contribution in [1.29, 1.82) is 0 Å². The quantitative estimate of drug-likeness (QED) is 0.639. The maximum Gasteiger partial charge on any atom is 0.417 e. The summed E-state index contributed by atoms with van der Waals surface area (Å²) >= 11 is 0. The van der Waals surface area contributed by atoms with E-state index in [1.165, 1.54) is 0 Å². The smallest absolute Gasteiger partial charge is 0.380 e. The number of aliphatic hydroxyl groups is 1. The molecule has 1 N–H and O–H groups in total. The predicted molar refractivity (Wildman–Crippen MR) is 57.3 cm³/mol. The van der Waals surface area contributed by atoms with Gasteiger partial charge in [0.15, 0.2) is 6.10 Å². The van der Waals surface area contributed by atoms with Crippen LogP contribution < -0.4 is 0 Å². The fourth-order valence-electron chi connectivity index (χ4n) is 1.11. The molecule has 17 heavy (non-hydrogen) atoms. The summed E-state index contributed by atoms with van der Waals surface area (Å²) in [5.41, 5.74) is 0.942. The third-order valence-corrected chi connectivity index (χ3v) is 1.98. The molecule has 0 aliphatic heterocycles. The second-order valence-corrected chi connectivity index (χ2v) is 3.42. The largest absolute Gasteiger partial charge is 0.417 e. The van der Waals surface area contributed by atoms with Crippen LogP contribution in [0.4, 0.5) is 13.2 Å². The summed E-state index contributed by atoms with van der Waals surface area (Å²) in [5, 5.41) is 8.63. The van der Waals surface area contributed by atoms with Gasteiger partial charge in [-0.3, -0.25) is 0 Å². The van der Waals surface area contributed by atoms with Crippen molar-refractivity contribution in [3.05, 3.63) is 48.0 Å². The fraction of sp³-hybridized carbons (Fsp3) is 0.333. The Balaban J connectivity index is 2.23. The first kappa shape index (κ1) is 13.7. The normalized spacial score (nSPS) is 14.1. The van der Waals surface area contributed by atoms with Crippen LogP contribution in [0.25, 0.3) is 0 Å². The average molecular weight is 246 g/mol. The molecule has 1 atom stereocenters. The van der Waals surface area contributed by atoms with Gasteiger partial charge in [-0.2, -0.15) is 13.2 Å². The molecule has 0 spiro atoms. The van der Waals surface area contributed by atoms with Gasteiger partial charge in [0.2, 0.25) is 0 Å². The lowest BCUT2D eigenvalue weighted by atomic mass is 10.2. The minimum Gasteiger partial charge on any atom is -0.380 e. The molecule has 1 rings (SSSR count). The number of benzene rings is 1. The summed E-state index contributed by atoms with van der Waals surface area (Å²) in [7, 11) is 0. The molecule has 0 amide bonds. The first-order valence-electron chi connectivity index (χ1n) is 5.03. The van der Waals surface area contributed by atoms with Crippen LogP contribution in [0.5, 0.6) is 0 Å². The molecule has 0 heterocycles. The lowest BCUT2D eigenvalue weighted by Gasteiger charge is -2.09. The molecule has 94 valence electrons. The van der Waals surface area contributed by atoms with Crippen LogP contribution in [0.1, 0.15) is 5.56 Å². The van der Waals surface area contributed by atoms with Gasteiger partial charge in [-0.15, -0.1) is 0 Å². The Morgan fingerprint density at radius 3 is 2.47 bits per heavy atom. The monoisotopic (exact) mass is 246 g/mol. The third-order valence-electron chi connectivity index (χ3n) is 1.98. The van der Waals surface area contributed by atoms with E-state index in [0.29, 0.717) is 12.7 Å². The molecule has 1 aromatic rings. The Kier molecular flexibility index (Phi) is 5.18. The molecule has 1 aromatic carbocycles. The molecule has 0 radical (unpaired) electrons. The van der Waals surface area contributed by atoms with Gasteiger partial charge in [0.05, 0.1) is 13.2 Å². The highest BCUT2D eigenvalue weighted by molar-refractivity contribution is 5.13. The first-order chi connectivity index (χ1) is 8.00. The van der Waals surface area contributed by atoms with E-state index in [4.69, 9.17) is 9.84 Å². The number of alkyl halides is 3. The van der Waals surface area contributed by atoms with E-state index in [0.717, 1.165) is 11.6 Å². The van der Waals surface area contributed by atoms with E-state index >= 15 is 0 Å². The number of ether oxygens (including phenoxy) is 1. The zero-order valence-corrected chi connectivity index (χ0v) is 9.02. The minimum atomic E-state index is -4.62. The summed E-state index contributed by atoms with van der Waals surface area (Å²) in [5.74, 6) is 0. The van der Waals surface area contributed by atoms with Crippen LogP contribution in [-0.4, -0.2) is 24.0 Å². The van der Waals surface area contributed by atoms with Crippen molar-refractivity contribution in [2.45, 2.75) is 18.9 Å². The summed E-state index contributed by atoms with van der Waals surface area (Å²) in [6.07, 6.45) is -5.22. The van der Waals surface area contributed by atoms with Crippen LogP contribution in [-0.2, 0) is 11.3 Å². The van der Waals surface area contributed by atoms with E-state index in [2.05, 4.69) is 0 Å². The first-order valence-corrected chi connectivity index (χ1v) is 5.03. The zero-order valence-electron chi connectivity index (χ0n) is 9.02. The van der Waals surface area contributed by atoms with E-state index in [1.807, 2.05) is 30.3 Å². The van der Waals surface area contributed by atoms with Crippen LogP contribution >= 0.6 is 0 Å². The van der Waals surface area contributed by atoms with Gasteiger partial charge < -0.3 is 9.84 Å². The van der Waals surface area contributed by atoms with Crippen molar-refractivity contribution >= 4 is 0 Å². The standard InChI is InChI=1S/C12H13F3O2/c13-12(14,15)11(16)7-4-8-17-9-10-5-2-1-3-6-10/h1-7,11,16H,8-9H2/t11-/m1/s1. The number of hydrogen-bond acceptors (Lipinski definition) is 2. The highest BCUT2D eigenvalue weighted by atomic mass is 19.4. The van der Waals surface area contributed by atoms with Gasteiger partial charge in [-0.05, 0) is 11.6 Å². The average Bonchev–Trinajstić information content (AvgIpc) is 2.28. The molecular formula is C12H13F3O2. The molecular weight excluding hydrogens is 233 g/mol. The number of aliphatic hydroxyl groups excluding tert-OH is 1. The molecule has 2 nitrogen and oxygen atoms in total. The van der Waals surface area contributed by atoms with Crippen molar-refractivity contribution < 1.29 is 23.0 Å². The van der Waals surface area contributed by atoms with Crippen molar-refractivity contribution in [3.63, 3.8) is 0 Å². The molecule has 0 aromatic heterocycles. The molecule has 0 saturated heterocycles. The van der Waals surface area contributed by atoms with E-state index < -0.39 is 12.3 Å². The summed E-state index contributed by atoms with van der Waals surface area (Å²) in [6.45, 7) is 0.356. The van der Waals surface area contributed by atoms with Crippen molar-refractivity contribution in [3.8, 4) is 0 Å². The Hall–Kier alpha value is -1.33. The predicted octanol–water partition coefficient (Wildman–Crippen LogP) is 2.68. The lowest BCUT2D eigenvalue weighted by molar-refractivity contribution is -0.187.